The van der Waals surface area contributed by atoms with Crippen molar-refractivity contribution in [1.29, 1.82) is 0 Å². The third kappa shape index (κ3) is 2.78. The van der Waals surface area contributed by atoms with Crippen molar-refractivity contribution in [1.82, 2.24) is 9.88 Å². The van der Waals surface area contributed by atoms with Crippen molar-refractivity contribution >= 4 is 22.4 Å². The van der Waals surface area contributed by atoms with Crippen LogP contribution >= 0.6 is 11.6 Å². The second-order valence-corrected chi connectivity index (χ2v) is 6.48. The number of hydrogen-bond acceptors (Lipinski definition) is 2. The fourth-order valence-corrected chi connectivity index (χ4v) is 3.55. The van der Waals surface area contributed by atoms with Gasteiger partial charge in [0, 0.05) is 35.7 Å². The molecular formula is C19H17ClN2O. The van der Waals surface area contributed by atoms with Gasteiger partial charge in [-0.15, -0.1) is 0 Å². The summed E-state index contributed by atoms with van der Waals surface area (Å²) < 4.78 is 0. The Morgan fingerprint density at radius 3 is 2.74 bits per heavy atom. The van der Waals surface area contributed by atoms with Crippen LogP contribution in [0, 0.1) is 0 Å². The molecule has 116 valence electrons. The van der Waals surface area contributed by atoms with Gasteiger partial charge in [0.2, 0.25) is 0 Å². The standard InChI is InChI=1S/C19H17ClN2O/c20-14-6-7-16-17(10-14)15-8-9-22(12-18(15)21-19(16)23)11-13-4-2-1-3-5-13/h1-7,10H,8-9,11-12H2,(H,21,23). The van der Waals surface area contributed by atoms with Gasteiger partial charge in [0.1, 0.15) is 0 Å². The summed E-state index contributed by atoms with van der Waals surface area (Å²) in [7, 11) is 0. The Balaban J connectivity index is 1.70. The predicted octanol–water partition coefficient (Wildman–Crippen LogP) is 3.74. The summed E-state index contributed by atoms with van der Waals surface area (Å²) in [5.41, 5.74) is 3.51. The molecule has 0 bridgehead atoms. The van der Waals surface area contributed by atoms with E-state index < -0.39 is 0 Å². The number of hydrogen-bond donors (Lipinski definition) is 1. The zero-order valence-corrected chi connectivity index (χ0v) is 13.4. The molecule has 0 spiro atoms. The summed E-state index contributed by atoms with van der Waals surface area (Å²) in [6, 6.07) is 15.9. The van der Waals surface area contributed by atoms with Crippen LogP contribution < -0.4 is 5.56 Å². The van der Waals surface area contributed by atoms with Crippen molar-refractivity contribution in [3.8, 4) is 0 Å². The molecule has 0 fully saturated rings. The molecule has 2 aromatic carbocycles. The Kier molecular flexibility index (Phi) is 3.68. The van der Waals surface area contributed by atoms with Gasteiger partial charge >= 0.3 is 0 Å². The average molecular weight is 325 g/mol. The topological polar surface area (TPSA) is 36.1 Å². The van der Waals surface area contributed by atoms with Gasteiger partial charge in [-0.3, -0.25) is 9.69 Å². The fraction of sp³-hybridized carbons (Fsp3) is 0.211. The largest absolute Gasteiger partial charge is 0.324 e. The maximum atomic E-state index is 12.3. The van der Waals surface area contributed by atoms with Crippen LogP contribution in [0.2, 0.25) is 5.02 Å². The first-order chi connectivity index (χ1) is 11.2. The van der Waals surface area contributed by atoms with Crippen LogP contribution in [0.15, 0.2) is 53.3 Å². The first-order valence-electron chi connectivity index (χ1n) is 7.80. The van der Waals surface area contributed by atoms with Crippen LogP contribution in [0.4, 0.5) is 0 Å². The van der Waals surface area contributed by atoms with Crippen molar-refractivity contribution in [2.45, 2.75) is 19.5 Å². The van der Waals surface area contributed by atoms with Crippen molar-refractivity contribution in [3.63, 3.8) is 0 Å². The van der Waals surface area contributed by atoms with E-state index in [0.29, 0.717) is 5.02 Å². The minimum absolute atomic E-state index is 0.0306. The van der Waals surface area contributed by atoms with E-state index in [9.17, 15) is 4.79 Å². The second kappa shape index (κ2) is 5.84. The number of nitrogens with zero attached hydrogens (tertiary/aromatic N) is 1. The number of halogens is 1. The molecule has 0 atom stereocenters. The molecule has 3 nitrogen and oxygen atoms in total. The number of aromatic amines is 1. The first kappa shape index (κ1) is 14.5. The first-order valence-corrected chi connectivity index (χ1v) is 8.18. The molecule has 23 heavy (non-hydrogen) atoms. The molecule has 0 amide bonds. The van der Waals surface area contributed by atoms with E-state index in [1.165, 1.54) is 11.1 Å². The van der Waals surface area contributed by atoms with Crippen LogP contribution in [0.25, 0.3) is 10.8 Å². The van der Waals surface area contributed by atoms with E-state index in [2.05, 4.69) is 34.1 Å². The second-order valence-electron chi connectivity index (χ2n) is 6.05. The van der Waals surface area contributed by atoms with Gasteiger partial charge in [-0.1, -0.05) is 41.9 Å². The predicted molar refractivity (Wildman–Crippen MR) is 93.8 cm³/mol. The Hall–Kier alpha value is -2.10. The lowest BCUT2D eigenvalue weighted by Gasteiger charge is -2.29. The lowest BCUT2D eigenvalue weighted by Crippen LogP contribution is -2.32. The number of benzene rings is 2. The molecule has 1 aromatic heterocycles. The van der Waals surface area contributed by atoms with Gasteiger partial charge in [-0.05, 0) is 41.1 Å². The van der Waals surface area contributed by atoms with Crippen LogP contribution in [-0.2, 0) is 19.5 Å². The highest BCUT2D eigenvalue weighted by Gasteiger charge is 2.20. The average Bonchev–Trinajstić information content (AvgIpc) is 2.55. The maximum Gasteiger partial charge on any atom is 0.256 e. The van der Waals surface area contributed by atoms with Gasteiger partial charge in [-0.2, -0.15) is 0 Å². The molecule has 4 rings (SSSR count). The molecule has 0 radical (unpaired) electrons. The van der Waals surface area contributed by atoms with Crippen molar-refractivity contribution in [2.75, 3.05) is 6.54 Å². The highest BCUT2D eigenvalue weighted by atomic mass is 35.5. The smallest absolute Gasteiger partial charge is 0.256 e. The zero-order chi connectivity index (χ0) is 15.8. The normalized spacial score (nSPS) is 14.8. The van der Waals surface area contributed by atoms with Crippen molar-refractivity contribution in [3.05, 3.63) is 80.7 Å². The molecular weight excluding hydrogens is 308 g/mol. The summed E-state index contributed by atoms with van der Waals surface area (Å²) in [4.78, 5) is 17.7. The third-order valence-electron chi connectivity index (χ3n) is 4.49. The molecule has 0 saturated heterocycles. The van der Waals surface area contributed by atoms with Crippen LogP contribution in [0.1, 0.15) is 16.8 Å². The lowest BCUT2D eigenvalue weighted by atomic mass is 9.98. The van der Waals surface area contributed by atoms with Gasteiger partial charge in [-0.25, -0.2) is 0 Å². The van der Waals surface area contributed by atoms with Crippen LogP contribution in [-0.4, -0.2) is 16.4 Å². The summed E-state index contributed by atoms with van der Waals surface area (Å²) in [6.45, 7) is 2.65. The Labute approximate surface area is 139 Å². The number of nitrogens with one attached hydrogen (secondary N) is 1. The van der Waals surface area contributed by atoms with E-state index in [0.717, 1.165) is 42.5 Å². The minimum Gasteiger partial charge on any atom is -0.324 e. The summed E-state index contributed by atoms with van der Waals surface area (Å²) >= 11 is 6.13. The Morgan fingerprint density at radius 1 is 1.09 bits per heavy atom. The number of aromatic nitrogens is 1. The van der Waals surface area contributed by atoms with Gasteiger partial charge < -0.3 is 4.98 Å². The van der Waals surface area contributed by atoms with Gasteiger partial charge in [0.15, 0.2) is 0 Å². The molecule has 1 N–H and O–H groups in total. The Morgan fingerprint density at radius 2 is 1.91 bits per heavy atom. The van der Waals surface area contributed by atoms with Crippen molar-refractivity contribution < 1.29 is 0 Å². The van der Waals surface area contributed by atoms with Gasteiger partial charge in [0.25, 0.3) is 5.56 Å². The molecule has 1 aliphatic rings. The molecule has 0 aliphatic carbocycles. The summed E-state index contributed by atoms with van der Waals surface area (Å²) in [5.74, 6) is 0. The van der Waals surface area contributed by atoms with E-state index in [-0.39, 0.29) is 5.56 Å². The highest BCUT2D eigenvalue weighted by Crippen LogP contribution is 2.26. The maximum absolute atomic E-state index is 12.3. The SMILES string of the molecule is O=c1[nH]c2c(c3cc(Cl)ccc13)CCN(Cc1ccccc1)C2. The lowest BCUT2D eigenvalue weighted by molar-refractivity contribution is 0.242. The molecule has 1 aliphatic heterocycles. The molecule has 4 heteroatoms. The quantitative estimate of drug-likeness (QED) is 0.779. The van der Waals surface area contributed by atoms with Gasteiger partial charge in [0.05, 0.1) is 0 Å². The fourth-order valence-electron chi connectivity index (χ4n) is 3.38. The zero-order valence-electron chi connectivity index (χ0n) is 12.7. The van der Waals surface area contributed by atoms with Crippen LogP contribution in [0.3, 0.4) is 0 Å². The number of pyridine rings is 1. The number of H-pyrrole nitrogens is 1. The summed E-state index contributed by atoms with van der Waals surface area (Å²) in [5, 5.41) is 2.40. The monoisotopic (exact) mass is 324 g/mol. The number of fused-ring (bicyclic) bond motifs is 3. The Bertz CT molecular complexity index is 918. The summed E-state index contributed by atoms with van der Waals surface area (Å²) in [6.07, 6.45) is 0.926. The van der Waals surface area contributed by atoms with E-state index >= 15 is 0 Å². The highest BCUT2D eigenvalue weighted by molar-refractivity contribution is 6.31. The van der Waals surface area contributed by atoms with E-state index in [1.807, 2.05) is 18.2 Å². The van der Waals surface area contributed by atoms with E-state index in [1.54, 1.807) is 6.07 Å². The molecule has 3 aromatic rings. The molecule has 0 saturated carbocycles. The van der Waals surface area contributed by atoms with E-state index in [4.69, 9.17) is 11.6 Å². The number of rotatable bonds is 2. The molecule has 0 unspecified atom stereocenters. The van der Waals surface area contributed by atoms with Crippen molar-refractivity contribution in [2.24, 2.45) is 0 Å². The van der Waals surface area contributed by atoms with Crippen LogP contribution in [0.5, 0.6) is 0 Å². The molecule has 2 heterocycles. The third-order valence-corrected chi connectivity index (χ3v) is 4.72. The minimum atomic E-state index is -0.0306.